The molecule has 206 valence electrons. The van der Waals surface area contributed by atoms with E-state index in [4.69, 9.17) is 9.82 Å². The monoisotopic (exact) mass is 538 g/mol. The summed E-state index contributed by atoms with van der Waals surface area (Å²) in [6.07, 6.45) is 1.10. The maximum absolute atomic E-state index is 13.8. The molecule has 0 bridgehead atoms. The number of unbranched alkanes of at least 4 members (excludes halogenated alkanes) is 1. The molecule has 0 aliphatic carbocycles. The van der Waals surface area contributed by atoms with Gasteiger partial charge in [0.25, 0.3) is 12.0 Å². The quantitative estimate of drug-likeness (QED) is 0.275. The van der Waals surface area contributed by atoms with Gasteiger partial charge in [-0.3, -0.25) is 9.36 Å². The summed E-state index contributed by atoms with van der Waals surface area (Å²) in [4.78, 5) is 27.7. The van der Waals surface area contributed by atoms with Crippen LogP contribution in [0.1, 0.15) is 59.6 Å². The first kappa shape index (κ1) is 27.5. The van der Waals surface area contributed by atoms with Crippen LogP contribution in [0.4, 0.5) is 0 Å². The smallest absolute Gasteiger partial charge is 0.280 e. The first-order valence-corrected chi connectivity index (χ1v) is 13.6. The molecular weight excluding hydrogens is 504 g/mol. The molecule has 3 N–H and O–H groups in total. The lowest BCUT2D eigenvalue weighted by Crippen LogP contribution is -2.31. The van der Waals surface area contributed by atoms with Gasteiger partial charge in [-0.25, -0.2) is 20.3 Å². The molecule has 0 radical (unpaired) electrons. The van der Waals surface area contributed by atoms with Crippen molar-refractivity contribution in [2.24, 2.45) is 4.99 Å². The van der Waals surface area contributed by atoms with Gasteiger partial charge in [0.2, 0.25) is 0 Å². The van der Waals surface area contributed by atoms with Gasteiger partial charge >= 0.3 is 0 Å². The summed E-state index contributed by atoms with van der Waals surface area (Å²) >= 11 is 0. The van der Waals surface area contributed by atoms with Crippen molar-refractivity contribution in [3.8, 4) is 11.1 Å². The number of aryl methyl sites for hydroxylation is 2. The topological polar surface area (TPSA) is 109 Å². The Labute approximate surface area is 233 Å². The van der Waals surface area contributed by atoms with Crippen LogP contribution < -0.4 is 11.0 Å². The molecule has 0 saturated heterocycles. The van der Waals surface area contributed by atoms with E-state index in [1.54, 1.807) is 4.57 Å². The molecule has 0 fully saturated rings. The zero-order chi connectivity index (χ0) is 28.1. The van der Waals surface area contributed by atoms with Crippen LogP contribution in [0.15, 0.2) is 88.6 Å². The Kier molecular flexibility index (Phi) is 8.50. The number of nitrogens with one attached hydrogen (secondary N) is 1. The lowest BCUT2D eigenvalue weighted by atomic mass is 9.96. The van der Waals surface area contributed by atoms with Crippen molar-refractivity contribution < 1.29 is 15.1 Å². The molecule has 0 spiro atoms. The number of rotatable bonds is 10. The Hall–Kier alpha value is -4.11. The molecule has 2 atom stereocenters. The van der Waals surface area contributed by atoms with E-state index in [0.29, 0.717) is 23.6 Å². The van der Waals surface area contributed by atoms with Crippen LogP contribution >= 0.6 is 0 Å². The molecule has 2 heterocycles. The van der Waals surface area contributed by atoms with Crippen LogP contribution in [0, 0.1) is 6.92 Å². The van der Waals surface area contributed by atoms with E-state index < -0.39 is 12.5 Å². The zero-order valence-corrected chi connectivity index (χ0v) is 22.7. The molecule has 8 nitrogen and oxygen atoms in total. The summed E-state index contributed by atoms with van der Waals surface area (Å²) in [5.41, 5.74) is 8.56. The van der Waals surface area contributed by atoms with E-state index >= 15 is 0 Å². The zero-order valence-electron chi connectivity index (χ0n) is 22.7. The van der Waals surface area contributed by atoms with E-state index in [1.165, 1.54) is 0 Å². The highest BCUT2D eigenvalue weighted by molar-refractivity contribution is 6.04. The highest BCUT2D eigenvalue weighted by Gasteiger charge is 2.20. The molecule has 1 aliphatic heterocycles. The average molecular weight is 539 g/mol. The first-order valence-electron chi connectivity index (χ1n) is 13.6. The van der Waals surface area contributed by atoms with E-state index in [9.17, 15) is 15.0 Å². The number of amidine groups is 1. The predicted octanol–water partition coefficient (Wildman–Crippen LogP) is 4.44. The number of hydrogen-bond acceptors (Lipinski definition) is 7. The number of aliphatic imine (C=N–C) groups is 1. The van der Waals surface area contributed by atoms with Gasteiger partial charge in [0.1, 0.15) is 5.82 Å². The highest BCUT2D eigenvalue weighted by atomic mass is 16.7. The van der Waals surface area contributed by atoms with E-state index in [2.05, 4.69) is 17.4 Å². The third kappa shape index (κ3) is 6.04. The summed E-state index contributed by atoms with van der Waals surface area (Å²) in [5, 5.41) is 20.5. The fourth-order valence-electron chi connectivity index (χ4n) is 5.00. The summed E-state index contributed by atoms with van der Waals surface area (Å²) in [6, 6.07) is 25.2. The van der Waals surface area contributed by atoms with Gasteiger partial charge in [-0.2, -0.15) is 0 Å². The SMILES string of the molecule is CCCCc1nc(C)n(CC(O)c2ccccc2)c(=O)c1Cc1ccc(-c2ccccc2C2=NC(O)ON2)cc1. The van der Waals surface area contributed by atoms with Crippen molar-refractivity contribution in [3.05, 3.63) is 123 Å². The van der Waals surface area contributed by atoms with E-state index in [-0.39, 0.29) is 12.1 Å². The second-order valence-electron chi connectivity index (χ2n) is 9.97. The lowest BCUT2D eigenvalue weighted by Gasteiger charge is -2.18. The van der Waals surface area contributed by atoms with Crippen molar-refractivity contribution >= 4 is 5.84 Å². The average Bonchev–Trinajstić information content (AvgIpc) is 3.42. The van der Waals surface area contributed by atoms with Crippen molar-refractivity contribution in [2.75, 3.05) is 0 Å². The maximum atomic E-state index is 13.8. The van der Waals surface area contributed by atoms with Gasteiger partial charge in [-0.1, -0.05) is 92.2 Å². The van der Waals surface area contributed by atoms with E-state index in [1.807, 2.05) is 85.8 Å². The van der Waals surface area contributed by atoms with Gasteiger partial charge in [0.15, 0.2) is 5.84 Å². The van der Waals surface area contributed by atoms with Gasteiger partial charge < -0.3 is 10.2 Å². The summed E-state index contributed by atoms with van der Waals surface area (Å²) in [7, 11) is 0. The Balaban J connectivity index is 1.45. The van der Waals surface area contributed by atoms with Gasteiger partial charge in [0, 0.05) is 17.5 Å². The van der Waals surface area contributed by atoms with Crippen LogP contribution in [0.5, 0.6) is 0 Å². The fraction of sp³-hybridized carbons (Fsp3) is 0.281. The summed E-state index contributed by atoms with van der Waals surface area (Å²) in [6.45, 7) is 4.10. The van der Waals surface area contributed by atoms with Gasteiger partial charge in [0.05, 0.1) is 18.3 Å². The third-order valence-corrected chi connectivity index (χ3v) is 7.17. The Morgan fingerprint density at radius 2 is 1.70 bits per heavy atom. The Bertz CT molecular complexity index is 1550. The van der Waals surface area contributed by atoms with Crippen molar-refractivity contribution in [1.29, 1.82) is 0 Å². The maximum Gasteiger partial charge on any atom is 0.280 e. The van der Waals surface area contributed by atoms with E-state index in [0.717, 1.165) is 52.8 Å². The highest BCUT2D eigenvalue weighted by Crippen LogP contribution is 2.26. The van der Waals surface area contributed by atoms with Crippen molar-refractivity contribution in [2.45, 2.75) is 58.6 Å². The van der Waals surface area contributed by atoms with Crippen LogP contribution in [-0.2, 0) is 24.2 Å². The second kappa shape index (κ2) is 12.4. The minimum Gasteiger partial charge on any atom is -0.387 e. The Morgan fingerprint density at radius 1 is 1.00 bits per heavy atom. The minimum absolute atomic E-state index is 0.105. The molecule has 5 rings (SSSR count). The molecule has 1 aliphatic rings. The van der Waals surface area contributed by atoms with Crippen molar-refractivity contribution in [3.63, 3.8) is 0 Å². The molecule has 4 aromatic rings. The molecule has 40 heavy (non-hydrogen) atoms. The van der Waals surface area contributed by atoms with Crippen LogP contribution in [-0.4, -0.2) is 32.0 Å². The van der Waals surface area contributed by atoms with Crippen molar-refractivity contribution in [1.82, 2.24) is 15.0 Å². The number of aromatic nitrogens is 2. The Morgan fingerprint density at radius 3 is 2.38 bits per heavy atom. The standard InChI is InChI=1S/C32H34N4O4/c1-3-4-14-28-27(31(38)36(21(2)33-28)20-29(37)24-10-6-5-7-11-24)19-22-15-17-23(18-16-22)25-12-8-9-13-26(25)30-34-32(39)40-35-30/h5-13,15-18,29,32,37,39H,3-4,14,19-20H2,1-2H3,(H,34,35). The van der Waals surface area contributed by atoms with Crippen LogP contribution in [0.25, 0.3) is 11.1 Å². The molecule has 1 aromatic heterocycles. The number of benzene rings is 3. The number of hydroxylamine groups is 1. The number of aliphatic hydroxyl groups excluding tert-OH is 2. The largest absolute Gasteiger partial charge is 0.387 e. The predicted molar refractivity (Wildman–Crippen MR) is 155 cm³/mol. The normalized spacial score (nSPS) is 15.5. The minimum atomic E-state index is -1.23. The van der Waals surface area contributed by atoms with Gasteiger partial charge in [-0.15, -0.1) is 0 Å². The van der Waals surface area contributed by atoms with Gasteiger partial charge in [-0.05, 0) is 42.0 Å². The lowest BCUT2D eigenvalue weighted by molar-refractivity contribution is -0.102. The number of hydrogen-bond donors (Lipinski definition) is 3. The summed E-state index contributed by atoms with van der Waals surface area (Å²) < 4.78 is 1.60. The number of aliphatic hydroxyl groups is 2. The fourth-order valence-corrected chi connectivity index (χ4v) is 5.00. The van der Waals surface area contributed by atoms with Crippen LogP contribution in [0.2, 0.25) is 0 Å². The van der Waals surface area contributed by atoms with Crippen LogP contribution in [0.3, 0.4) is 0 Å². The molecular formula is C32H34N4O4. The number of nitrogens with zero attached hydrogens (tertiary/aromatic N) is 3. The second-order valence-corrected chi connectivity index (χ2v) is 9.97. The molecule has 0 saturated carbocycles. The summed E-state index contributed by atoms with van der Waals surface area (Å²) in [5.74, 6) is 1.08. The molecule has 2 unspecified atom stereocenters. The third-order valence-electron chi connectivity index (χ3n) is 7.17. The first-order chi connectivity index (χ1) is 19.4. The molecule has 0 amide bonds. The molecule has 8 heteroatoms. The molecule has 3 aromatic carbocycles.